The van der Waals surface area contributed by atoms with Crippen LogP contribution in [-0.4, -0.2) is 64.4 Å². The lowest BCUT2D eigenvalue weighted by molar-refractivity contribution is 0.150. The number of nitrogens with zero attached hydrogens (tertiary/aromatic N) is 2. The Kier molecular flexibility index (Phi) is 10.0. The quantitative estimate of drug-likeness (QED) is 0.486. The van der Waals surface area contributed by atoms with E-state index in [-0.39, 0.29) is 0 Å². The molecule has 2 N–H and O–H groups in total. The Labute approximate surface area is 164 Å². The standard InChI is InChI=1S/C21H36N4O2/c1-22-21(24-19-9-5-4-6-10-19)23-17-18-8-7-11-20(16-18)27-15-13-25(2)12-14-26-3/h7-8,11,16,19H,4-6,9-10,12-15,17H2,1-3H3,(H2,22,23,24). The molecule has 1 saturated carbocycles. The molecule has 0 spiro atoms. The number of ether oxygens (including phenoxy) is 2. The normalized spacial score (nSPS) is 15.8. The van der Waals surface area contributed by atoms with Crippen LogP contribution in [0, 0.1) is 0 Å². The third kappa shape index (κ3) is 8.63. The molecule has 1 aliphatic rings. The van der Waals surface area contributed by atoms with Gasteiger partial charge in [0.15, 0.2) is 5.96 Å². The zero-order valence-electron chi connectivity index (χ0n) is 17.2. The van der Waals surface area contributed by atoms with Crippen LogP contribution in [0.1, 0.15) is 37.7 Å². The molecule has 0 amide bonds. The van der Waals surface area contributed by atoms with Crippen molar-refractivity contribution in [2.75, 3.05) is 47.5 Å². The van der Waals surface area contributed by atoms with Crippen molar-refractivity contribution in [2.24, 2.45) is 4.99 Å². The molecule has 0 atom stereocenters. The minimum atomic E-state index is 0.551. The number of nitrogens with one attached hydrogen (secondary N) is 2. The van der Waals surface area contributed by atoms with Crippen LogP contribution < -0.4 is 15.4 Å². The minimum Gasteiger partial charge on any atom is -0.492 e. The van der Waals surface area contributed by atoms with Crippen LogP contribution in [0.5, 0.6) is 5.75 Å². The topological polar surface area (TPSA) is 58.1 Å². The van der Waals surface area contributed by atoms with E-state index in [0.29, 0.717) is 12.6 Å². The van der Waals surface area contributed by atoms with Crippen LogP contribution in [0.4, 0.5) is 0 Å². The maximum atomic E-state index is 5.90. The average Bonchev–Trinajstić information content (AvgIpc) is 2.70. The van der Waals surface area contributed by atoms with E-state index in [2.05, 4.69) is 39.7 Å². The summed E-state index contributed by atoms with van der Waals surface area (Å²) in [5.74, 6) is 1.79. The number of hydrogen-bond donors (Lipinski definition) is 2. The number of rotatable bonds is 10. The fourth-order valence-electron chi connectivity index (χ4n) is 3.24. The first-order valence-electron chi connectivity index (χ1n) is 10.1. The van der Waals surface area contributed by atoms with E-state index in [0.717, 1.165) is 38.0 Å². The van der Waals surface area contributed by atoms with Gasteiger partial charge < -0.3 is 25.0 Å². The van der Waals surface area contributed by atoms with E-state index in [1.165, 1.54) is 37.7 Å². The third-order valence-corrected chi connectivity index (χ3v) is 4.95. The average molecular weight is 377 g/mol. The summed E-state index contributed by atoms with van der Waals surface area (Å²) in [6.07, 6.45) is 6.47. The molecule has 0 saturated heterocycles. The van der Waals surface area contributed by atoms with E-state index in [9.17, 15) is 0 Å². The van der Waals surface area contributed by atoms with Gasteiger partial charge in [0, 0.05) is 39.8 Å². The molecular formula is C21H36N4O2. The fourth-order valence-corrected chi connectivity index (χ4v) is 3.24. The summed E-state index contributed by atoms with van der Waals surface area (Å²) in [5, 5.41) is 6.96. The van der Waals surface area contributed by atoms with Gasteiger partial charge in [-0.2, -0.15) is 0 Å². The number of aliphatic imine (C=N–C) groups is 1. The van der Waals surface area contributed by atoms with Gasteiger partial charge in [0.25, 0.3) is 0 Å². The van der Waals surface area contributed by atoms with E-state index < -0.39 is 0 Å². The van der Waals surface area contributed by atoms with Crippen molar-refractivity contribution in [2.45, 2.75) is 44.7 Å². The summed E-state index contributed by atoms with van der Waals surface area (Å²) < 4.78 is 11.0. The van der Waals surface area contributed by atoms with E-state index in [4.69, 9.17) is 9.47 Å². The number of methoxy groups -OCH3 is 1. The molecule has 1 aromatic carbocycles. The second kappa shape index (κ2) is 12.6. The summed E-state index contributed by atoms with van der Waals surface area (Å²) in [7, 11) is 5.63. The Morgan fingerprint density at radius 1 is 1.19 bits per heavy atom. The smallest absolute Gasteiger partial charge is 0.191 e. The zero-order chi connectivity index (χ0) is 19.3. The molecule has 6 heteroatoms. The lowest BCUT2D eigenvalue weighted by atomic mass is 9.96. The van der Waals surface area contributed by atoms with Gasteiger partial charge in [0.2, 0.25) is 0 Å². The highest BCUT2D eigenvalue weighted by molar-refractivity contribution is 5.79. The summed E-state index contributed by atoms with van der Waals surface area (Å²) in [6.45, 7) is 3.94. The van der Waals surface area contributed by atoms with Gasteiger partial charge in [-0.1, -0.05) is 31.4 Å². The summed E-state index contributed by atoms with van der Waals surface area (Å²) in [6, 6.07) is 8.80. The van der Waals surface area contributed by atoms with Crippen LogP contribution in [0.25, 0.3) is 0 Å². The predicted molar refractivity (Wildman–Crippen MR) is 112 cm³/mol. The fraction of sp³-hybridized carbons (Fsp3) is 0.667. The second-order valence-corrected chi connectivity index (χ2v) is 7.20. The lowest BCUT2D eigenvalue weighted by Crippen LogP contribution is -2.43. The SMILES string of the molecule is CN=C(NCc1cccc(OCCN(C)CCOC)c1)NC1CCCCC1. The van der Waals surface area contributed by atoms with Crippen LogP contribution >= 0.6 is 0 Å². The van der Waals surface area contributed by atoms with Crippen LogP contribution in [0.3, 0.4) is 0 Å². The van der Waals surface area contributed by atoms with Crippen molar-refractivity contribution in [1.82, 2.24) is 15.5 Å². The molecule has 0 bridgehead atoms. The van der Waals surface area contributed by atoms with Gasteiger partial charge in [-0.25, -0.2) is 0 Å². The molecule has 2 rings (SSSR count). The van der Waals surface area contributed by atoms with Crippen LogP contribution in [0.15, 0.2) is 29.3 Å². The molecular weight excluding hydrogens is 340 g/mol. The molecule has 0 radical (unpaired) electrons. The summed E-state index contributed by atoms with van der Waals surface area (Å²) >= 11 is 0. The predicted octanol–water partition coefficient (Wildman–Crippen LogP) is 2.64. The number of benzene rings is 1. The lowest BCUT2D eigenvalue weighted by Gasteiger charge is -2.25. The molecule has 1 aromatic rings. The highest BCUT2D eigenvalue weighted by Crippen LogP contribution is 2.17. The van der Waals surface area contributed by atoms with Gasteiger partial charge in [-0.15, -0.1) is 0 Å². The maximum Gasteiger partial charge on any atom is 0.191 e. The van der Waals surface area contributed by atoms with Gasteiger partial charge in [-0.3, -0.25) is 4.99 Å². The summed E-state index contributed by atoms with van der Waals surface area (Å²) in [5.41, 5.74) is 1.19. The molecule has 1 aliphatic carbocycles. The largest absolute Gasteiger partial charge is 0.492 e. The van der Waals surface area contributed by atoms with Crippen LogP contribution in [0.2, 0.25) is 0 Å². The van der Waals surface area contributed by atoms with Crippen molar-refractivity contribution in [3.8, 4) is 5.75 Å². The first kappa shape index (κ1) is 21.5. The highest BCUT2D eigenvalue weighted by Gasteiger charge is 2.14. The second-order valence-electron chi connectivity index (χ2n) is 7.20. The third-order valence-electron chi connectivity index (χ3n) is 4.95. The van der Waals surface area contributed by atoms with Gasteiger partial charge in [0.05, 0.1) is 6.61 Å². The molecule has 0 aliphatic heterocycles. The minimum absolute atomic E-state index is 0.551. The number of likely N-dealkylation sites (N-methyl/N-ethyl adjacent to an activating group) is 1. The molecule has 152 valence electrons. The van der Waals surface area contributed by atoms with Crippen LogP contribution in [-0.2, 0) is 11.3 Å². The Hall–Kier alpha value is -1.79. The van der Waals surface area contributed by atoms with Gasteiger partial charge >= 0.3 is 0 Å². The van der Waals surface area contributed by atoms with Crippen molar-refractivity contribution in [3.63, 3.8) is 0 Å². The van der Waals surface area contributed by atoms with Gasteiger partial charge in [-0.05, 0) is 37.6 Å². The number of guanidine groups is 1. The molecule has 0 heterocycles. The molecule has 27 heavy (non-hydrogen) atoms. The van der Waals surface area contributed by atoms with Crippen molar-refractivity contribution >= 4 is 5.96 Å². The molecule has 1 fully saturated rings. The molecule has 0 unspecified atom stereocenters. The zero-order valence-corrected chi connectivity index (χ0v) is 17.2. The molecule has 0 aromatic heterocycles. The first-order chi connectivity index (χ1) is 13.2. The number of hydrogen-bond acceptors (Lipinski definition) is 4. The highest BCUT2D eigenvalue weighted by atomic mass is 16.5. The molecule has 6 nitrogen and oxygen atoms in total. The van der Waals surface area contributed by atoms with Gasteiger partial charge in [0.1, 0.15) is 12.4 Å². The van der Waals surface area contributed by atoms with E-state index in [1.807, 2.05) is 19.2 Å². The van der Waals surface area contributed by atoms with Crippen molar-refractivity contribution in [3.05, 3.63) is 29.8 Å². The first-order valence-corrected chi connectivity index (χ1v) is 10.1. The van der Waals surface area contributed by atoms with E-state index in [1.54, 1.807) is 7.11 Å². The summed E-state index contributed by atoms with van der Waals surface area (Å²) in [4.78, 5) is 6.56. The van der Waals surface area contributed by atoms with E-state index >= 15 is 0 Å². The Bertz CT molecular complexity index is 559. The Morgan fingerprint density at radius 3 is 2.70 bits per heavy atom. The monoisotopic (exact) mass is 376 g/mol. The van der Waals surface area contributed by atoms with Crippen molar-refractivity contribution < 1.29 is 9.47 Å². The Morgan fingerprint density at radius 2 is 1.96 bits per heavy atom. The maximum absolute atomic E-state index is 5.90. The van der Waals surface area contributed by atoms with Crippen molar-refractivity contribution in [1.29, 1.82) is 0 Å². The Balaban J connectivity index is 1.73.